The van der Waals surface area contributed by atoms with Crippen molar-refractivity contribution in [3.63, 3.8) is 0 Å². The van der Waals surface area contributed by atoms with Crippen LogP contribution < -0.4 is 4.90 Å². The lowest BCUT2D eigenvalue weighted by molar-refractivity contribution is 0.104. The number of hydrogen-bond donors (Lipinski definition) is 0. The van der Waals surface area contributed by atoms with E-state index in [1.165, 1.54) is 11.1 Å². The van der Waals surface area contributed by atoms with Gasteiger partial charge in [0.25, 0.3) is 0 Å². The summed E-state index contributed by atoms with van der Waals surface area (Å²) in [6, 6.07) is 30.5. The van der Waals surface area contributed by atoms with Crippen LogP contribution in [0.2, 0.25) is 0 Å². The van der Waals surface area contributed by atoms with Crippen molar-refractivity contribution in [3.05, 3.63) is 123 Å². The van der Waals surface area contributed by atoms with Crippen LogP contribution in [0.4, 0.5) is 16.4 Å². The fourth-order valence-electron chi connectivity index (χ4n) is 5.52. The summed E-state index contributed by atoms with van der Waals surface area (Å²) in [5, 5.41) is 20.6. The number of ketones is 1. The molecule has 0 atom stereocenters. The van der Waals surface area contributed by atoms with Gasteiger partial charge in [-0.15, -0.1) is 11.3 Å². The Labute approximate surface area is 226 Å². The number of anilines is 3. The highest BCUT2D eigenvalue weighted by Gasteiger charge is 2.39. The van der Waals surface area contributed by atoms with Gasteiger partial charge in [0.05, 0.1) is 5.69 Å². The third kappa shape index (κ3) is 3.44. The van der Waals surface area contributed by atoms with Crippen LogP contribution in [0.3, 0.4) is 0 Å². The van der Waals surface area contributed by atoms with Gasteiger partial charge in [-0.25, -0.2) is 0 Å². The number of nitrogens with zero attached hydrogens (tertiary/aromatic N) is 3. The van der Waals surface area contributed by atoms with Gasteiger partial charge < -0.3 is 4.90 Å². The van der Waals surface area contributed by atoms with E-state index in [4.69, 9.17) is 0 Å². The molecule has 0 amide bonds. The van der Waals surface area contributed by atoms with E-state index < -0.39 is 0 Å². The molecule has 0 saturated carbocycles. The minimum Gasteiger partial charge on any atom is -0.301 e. The standard InChI is InChI=1S/C33H23N3OS/c1-20-13-14-24-25(15-20)30(21(18-34)19-35)26(31(24)37)16-23-17-28-32(38-23)36(22-9-5-4-6-10-22)29-12-8-7-11-27(29)33(28,2)3/h4-17H,1-3H3/b26-16-. The van der Waals surface area contributed by atoms with Gasteiger partial charge in [0.2, 0.25) is 0 Å². The Bertz CT molecular complexity index is 1780. The molecule has 0 N–H and O–H groups in total. The molecule has 5 heteroatoms. The molecule has 2 aliphatic rings. The first kappa shape index (κ1) is 23.7. The Balaban J connectivity index is 1.58. The highest BCUT2D eigenvalue weighted by molar-refractivity contribution is 7.17. The van der Waals surface area contributed by atoms with Crippen LogP contribution in [0.5, 0.6) is 0 Å². The molecule has 182 valence electrons. The molecular weight excluding hydrogens is 486 g/mol. The first-order chi connectivity index (χ1) is 18.3. The van der Waals surface area contributed by atoms with Crippen LogP contribution in [-0.2, 0) is 5.41 Å². The summed E-state index contributed by atoms with van der Waals surface area (Å²) in [5.41, 5.74) is 7.25. The number of benzene rings is 3. The SMILES string of the molecule is Cc1ccc2c(c1)C(=C(C#N)C#N)/C(=C/c1cc3c(s1)N(c1ccccc1)c1ccccc1C3(C)C)C2=O. The Hall–Kier alpha value is -4.71. The molecule has 0 radical (unpaired) electrons. The summed E-state index contributed by atoms with van der Waals surface area (Å²) < 4.78 is 0. The molecular formula is C33H23N3OS. The first-order valence-electron chi connectivity index (χ1n) is 12.4. The second-order valence-corrected chi connectivity index (χ2v) is 11.2. The van der Waals surface area contributed by atoms with Gasteiger partial charge in [-0.3, -0.25) is 4.79 Å². The van der Waals surface area contributed by atoms with Gasteiger partial charge in [0.1, 0.15) is 22.7 Å². The number of carbonyl (C=O) groups is 1. The maximum atomic E-state index is 13.6. The molecule has 0 bridgehead atoms. The lowest BCUT2D eigenvalue weighted by Gasteiger charge is -2.39. The number of carbonyl (C=O) groups excluding carboxylic acids is 1. The minimum atomic E-state index is -0.257. The zero-order valence-electron chi connectivity index (χ0n) is 21.2. The topological polar surface area (TPSA) is 67.9 Å². The van der Waals surface area contributed by atoms with E-state index in [2.05, 4.69) is 61.2 Å². The second-order valence-electron chi connectivity index (χ2n) is 10.1. The van der Waals surface area contributed by atoms with Crippen molar-refractivity contribution < 1.29 is 4.79 Å². The third-order valence-corrected chi connectivity index (χ3v) is 8.47. The average Bonchev–Trinajstić information content (AvgIpc) is 3.46. The molecule has 0 fully saturated rings. The normalized spacial score (nSPS) is 15.9. The molecule has 3 aromatic carbocycles. The van der Waals surface area contributed by atoms with Gasteiger partial charge in [-0.05, 0) is 54.0 Å². The van der Waals surface area contributed by atoms with E-state index in [0.717, 1.165) is 26.8 Å². The summed E-state index contributed by atoms with van der Waals surface area (Å²) >= 11 is 1.61. The largest absolute Gasteiger partial charge is 0.301 e. The number of Topliss-reactive ketones (excluding diaryl/α,β-unsaturated/α-hetero) is 1. The van der Waals surface area contributed by atoms with E-state index in [1.54, 1.807) is 17.4 Å². The van der Waals surface area contributed by atoms with Crippen molar-refractivity contribution in [1.82, 2.24) is 0 Å². The molecule has 0 saturated heterocycles. The molecule has 0 spiro atoms. The van der Waals surface area contributed by atoms with Crippen molar-refractivity contribution in [2.45, 2.75) is 26.2 Å². The highest BCUT2D eigenvalue weighted by Crippen LogP contribution is 2.55. The van der Waals surface area contributed by atoms with Crippen molar-refractivity contribution >= 4 is 45.1 Å². The molecule has 1 aromatic heterocycles. The molecule has 4 nitrogen and oxygen atoms in total. The van der Waals surface area contributed by atoms with Crippen molar-refractivity contribution in [2.24, 2.45) is 0 Å². The maximum absolute atomic E-state index is 13.6. The van der Waals surface area contributed by atoms with Crippen molar-refractivity contribution in [1.29, 1.82) is 10.5 Å². The predicted molar refractivity (Wildman–Crippen MR) is 153 cm³/mol. The Morgan fingerprint density at radius 2 is 1.61 bits per heavy atom. The van der Waals surface area contributed by atoms with Gasteiger partial charge in [0.15, 0.2) is 5.78 Å². The number of aryl methyl sites for hydroxylation is 1. The molecule has 6 rings (SSSR count). The first-order valence-corrected chi connectivity index (χ1v) is 13.2. The molecule has 4 aromatic rings. The highest BCUT2D eigenvalue weighted by atomic mass is 32.1. The van der Waals surface area contributed by atoms with Crippen LogP contribution in [-0.4, -0.2) is 5.78 Å². The van der Waals surface area contributed by atoms with E-state index in [1.807, 2.05) is 55.5 Å². The second kappa shape index (κ2) is 8.70. The summed E-state index contributed by atoms with van der Waals surface area (Å²) in [5.74, 6) is -0.160. The number of rotatable bonds is 2. The zero-order valence-corrected chi connectivity index (χ0v) is 22.1. The summed E-state index contributed by atoms with van der Waals surface area (Å²) in [6.45, 7) is 6.39. The zero-order chi connectivity index (χ0) is 26.6. The molecule has 1 aliphatic heterocycles. The van der Waals surface area contributed by atoms with Gasteiger partial charge >= 0.3 is 0 Å². The minimum absolute atomic E-state index is 0.0473. The van der Waals surface area contributed by atoms with E-state index in [0.29, 0.717) is 22.3 Å². The number of thiophene rings is 1. The van der Waals surface area contributed by atoms with Crippen LogP contribution in [0.25, 0.3) is 11.6 Å². The van der Waals surface area contributed by atoms with E-state index in [9.17, 15) is 15.3 Å². The Morgan fingerprint density at radius 3 is 2.34 bits per heavy atom. The molecule has 2 heterocycles. The Morgan fingerprint density at radius 1 is 0.895 bits per heavy atom. The van der Waals surface area contributed by atoms with Crippen molar-refractivity contribution in [2.75, 3.05) is 4.90 Å². The van der Waals surface area contributed by atoms with Crippen LogP contribution >= 0.6 is 11.3 Å². The lowest BCUT2D eigenvalue weighted by Crippen LogP contribution is -2.29. The summed E-state index contributed by atoms with van der Waals surface area (Å²) in [7, 11) is 0. The van der Waals surface area contributed by atoms with E-state index in [-0.39, 0.29) is 16.8 Å². The number of para-hydroxylation sites is 2. The van der Waals surface area contributed by atoms with Crippen LogP contribution in [0.1, 0.15) is 51.3 Å². The fraction of sp³-hybridized carbons (Fsp3) is 0.121. The number of allylic oxidation sites excluding steroid dienone is 3. The Kier molecular flexibility index (Phi) is 5.42. The van der Waals surface area contributed by atoms with Crippen LogP contribution in [0, 0.1) is 29.6 Å². The number of fused-ring (bicyclic) bond motifs is 3. The average molecular weight is 510 g/mol. The summed E-state index contributed by atoms with van der Waals surface area (Å²) in [6.07, 6.45) is 1.86. The molecule has 0 unspecified atom stereocenters. The maximum Gasteiger partial charge on any atom is 0.194 e. The quantitative estimate of drug-likeness (QED) is 0.202. The number of nitriles is 2. The van der Waals surface area contributed by atoms with E-state index >= 15 is 0 Å². The van der Waals surface area contributed by atoms with Gasteiger partial charge in [0, 0.05) is 32.7 Å². The van der Waals surface area contributed by atoms with Crippen LogP contribution in [0.15, 0.2) is 90.0 Å². The fourth-order valence-corrected chi connectivity index (χ4v) is 6.82. The predicted octanol–water partition coefficient (Wildman–Crippen LogP) is 8.25. The third-order valence-electron chi connectivity index (χ3n) is 7.40. The smallest absolute Gasteiger partial charge is 0.194 e. The number of hydrogen-bond acceptors (Lipinski definition) is 5. The molecule has 1 aliphatic carbocycles. The summed E-state index contributed by atoms with van der Waals surface area (Å²) in [4.78, 5) is 16.7. The van der Waals surface area contributed by atoms with Gasteiger partial charge in [-0.1, -0.05) is 74.0 Å². The van der Waals surface area contributed by atoms with Gasteiger partial charge in [-0.2, -0.15) is 10.5 Å². The lowest BCUT2D eigenvalue weighted by atomic mass is 9.75. The van der Waals surface area contributed by atoms with Crippen molar-refractivity contribution in [3.8, 4) is 12.1 Å². The molecule has 38 heavy (non-hydrogen) atoms. The monoisotopic (exact) mass is 509 g/mol.